The number of ether oxygens (including phenoxy) is 1. The number of rotatable bonds is 4. The SMILES string of the molecule is COc1c(C)cnc(CSc2ccc(Cl)cc2N)c1C. The number of nitrogen functional groups attached to an aromatic ring is 1. The fraction of sp³-hybridized carbons (Fsp3) is 0.267. The van der Waals surface area contributed by atoms with Crippen molar-refractivity contribution in [1.29, 1.82) is 0 Å². The zero-order valence-electron chi connectivity index (χ0n) is 11.7. The molecule has 1 aromatic heterocycles. The zero-order chi connectivity index (χ0) is 14.7. The van der Waals surface area contributed by atoms with Crippen LogP contribution in [0.3, 0.4) is 0 Å². The number of pyridine rings is 1. The Morgan fingerprint density at radius 3 is 2.75 bits per heavy atom. The highest BCUT2D eigenvalue weighted by atomic mass is 35.5. The number of nitrogens with two attached hydrogens (primary N) is 1. The van der Waals surface area contributed by atoms with E-state index >= 15 is 0 Å². The second-order valence-electron chi connectivity index (χ2n) is 4.52. The number of aromatic nitrogens is 1. The van der Waals surface area contributed by atoms with Gasteiger partial charge in [0.05, 0.1) is 12.8 Å². The molecule has 0 amide bonds. The van der Waals surface area contributed by atoms with Gasteiger partial charge in [0.2, 0.25) is 0 Å². The third kappa shape index (κ3) is 3.19. The van der Waals surface area contributed by atoms with E-state index in [0.717, 1.165) is 33.2 Å². The first-order valence-corrected chi connectivity index (χ1v) is 7.56. The minimum Gasteiger partial charge on any atom is -0.496 e. The van der Waals surface area contributed by atoms with Gasteiger partial charge in [0.1, 0.15) is 5.75 Å². The highest BCUT2D eigenvalue weighted by Gasteiger charge is 2.10. The fourth-order valence-electron chi connectivity index (χ4n) is 2.01. The van der Waals surface area contributed by atoms with Gasteiger partial charge in [0.25, 0.3) is 0 Å². The first kappa shape index (κ1) is 15.0. The van der Waals surface area contributed by atoms with Gasteiger partial charge in [0, 0.05) is 38.7 Å². The highest BCUT2D eigenvalue weighted by Crippen LogP contribution is 2.32. The number of methoxy groups -OCH3 is 1. The lowest BCUT2D eigenvalue weighted by molar-refractivity contribution is 0.407. The van der Waals surface area contributed by atoms with Crippen LogP contribution in [0.25, 0.3) is 0 Å². The Hall–Kier alpha value is -1.39. The van der Waals surface area contributed by atoms with E-state index in [2.05, 4.69) is 4.98 Å². The molecule has 0 bridgehead atoms. The van der Waals surface area contributed by atoms with Crippen molar-refractivity contribution in [3.05, 3.63) is 46.2 Å². The molecule has 0 saturated carbocycles. The van der Waals surface area contributed by atoms with Gasteiger partial charge in [-0.3, -0.25) is 4.98 Å². The normalized spacial score (nSPS) is 10.6. The smallest absolute Gasteiger partial charge is 0.128 e. The second kappa shape index (κ2) is 6.37. The van der Waals surface area contributed by atoms with Gasteiger partial charge in [-0.2, -0.15) is 0 Å². The maximum Gasteiger partial charge on any atom is 0.128 e. The van der Waals surface area contributed by atoms with Crippen molar-refractivity contribution in [3.63, 3.8) is 0 Å². The van der Waals surface area contributed by atoms with Crippen LogP contribution in [0, 0.1) is 13.8 Å². The molecular formula is C15H17ClN2OS. The molecule has 0 aliphatic rings. The quantitative estimate of drug-likeness (QED) is 0.678. The number of hydrogen-bond acceptors (Lipinski definition) is 4. The van der Waals surface area contributed by atoms with E-state index in [1.54, 1.807) is 24.9 Å². The maximum absolute atomic E-state index is 5.95. The number of halogens is 1. The lowest BCUT2D eigenvalue weighted by Crippen LogP contribution is -1.99. The summed E-state index contributed by atoms with van der Waals surface area (Å²) in [6, 6.07) is 5.54. The number of hydrogen-bond donors (Lipinski definition) is 1. The Labute approximate surface area is 128 Å². The molecule has 0 saturated heterocycles. The standard InChI is InChI=1S/C15H17ClN2OS/c1-9-7-18-13(10(2)15(9)19-3)8-20-14-5-4-11(16)6-12(14)17/h4-7H,8,17H2,1-3H3. The van der Waals surface area contributed by atoms with Gasteiger partial charge in [-0.25, -0.2) is 0 Å². The van der Waals surface area contributed by atoms with Crippen LogP contribution in [-0.4, -0.2) is 12.1 Å². The van der Waals surface area contributed by atoms with E-state index in [-0.39, 0.29) is 0 Å². The average molecular weight is 309 g/mol. The molecule has 106 valence electrons. The molecule has 5 heteroatoms. The minimum absolute atomic E-state index is 0.651. The predicted octanol–water partition coefficient (Wildman–Crippen LogP) is 4.23. The number of benzene rings is 1. The third-order valence-electron chi connectivity index (χ3n) is 3.09. The van der Waals surface area contributed by atoms with Crippen LogP contribution in [0.4, 0.5) is 5.69 Å². The summed E-state index contributed by atoms with van der Waals surface area (Å²) in [6.07, 6.45) is 1.84. The van der Waals surface area contributed by atoms with E-state index in [0.29, 0.717) is 10.7 Å². The van der Waals surface area contributed by atoms with Crippen molar-refractivity contribution in [2.24, 2.45) is 0 Å². The summed E-state index contributed by atoms with van der Waals surface area (Å²) in [4.78, 5) is 5.49. The molecule has 1 heterocycles. The van der Waals surface area contributed by atoms with Crippen LogP contribution < -0.4 is 10.5 Å². The third-order valence-corrected chi connectivity index (χ3v) is 4.42. The number of anilines is 1. The summed E-state index contributed by atoms with van der Waals surface area (Å²) >= 11 is 7.54. The number of aryl methyl sites for hydroxylation is 1. The molecule has 1 aromatic carbocycles. The van der Waals surface area contributed by atoms with Crippen molar-refractivity contribution < 1.29 is 4.74 Å². The molecule has 0 radical (unpaired) electrons. The lowest BCUT2D eigenvalue weighted by atomic mass is 10.1. The molecule has 0 aliphatic heterocycles. The molecule has 0 aliphatic carbocycles. The van der Waals surface area contributed by atoms with Gasteiger partial charge < -0.3 is 10.5 Å². The van der Waals surface area contributed by atoms with Gasteiger partial charge >= 0.3 is 0 Å². The Balaban J connectivity index is 2.19. The molecular weight excluding hydrogens is 292 g/mol. The molecule has 0 unspecified atom stereocenters. The first-order chi connectivity index (χ1) is 9.52. The second-order valence-corrected chi connectivity index (χ2v) is 5.97. The molecule has 0 spiro atoms. The van der Waals surface area contributed by atoms with Gasteiger partial charge in [-0.15, -0.1) is 11.8 Å². The molecule has 20 heavy (non-hydrogen) atoms. The molecule has 2 N–H and O–H groups in total. The molecule has 2 aromatic rings. The van der Waals surface area contributed by atoms with Crippen molar-refractivity contribution in [2.75, 3.05) is 12.8 Å². The van der Waals surface area contributed by atoms with E-state index in [4.69, 9.17) is 22.1 Å². The highest BCUT2D eigenvalue weighted by molar-refractivity contribution is 7.98. The van der Waals surface area contributed by atoms with Crippen LogP contribution >= 0.6 is 23.4 Å². The molecule has 2 rings (SSSR count). The topological polar surface area (TPSA) is 48.1 Å². The maximum atomic E-state index is 5.95. The summed E-state index contributed by atoms with van der Waals surface area (Å²) in [7, 11) is 1.68. The molecule has 0 fully saturated rings. The summed E-state index contributed by atoms with van der Waals surface area (Å²) in [5.41, 5.74) is 9.78. The van der Waals surface area contributed by atoms with Crippen molar-refractivity contribution in [2.45, 2.75) is 24.5 Å². The summed E-state index contributed by atoms with van der Waals surface area (Å²) in [6.45, 7) is 4.02. The Morgan fingerprint density at radius 1 is 1.35 bits per heavy atom. The van der Waals surface area contributed by atoms with Gasteiger partial charge in [-0.05, 0) is 32.0 Å². The number of thioether (sulfide) groups is 1. The average Bonchev–Trinajstić information content (AvgIpc) is 2.40. The van der Waals surface area contributed by atoms with Crippen molar-refractivity contribution in [1.82, 2.24) is 4.98 Å². The fourth-order valence-corrected chi connectivity index (χ4v) is 3.17. The first-order valence-electron chi connectivity index (χ1n) is 6.19. The minimum atomic E-state index is 0.651. The summed E-state index contributed by atoms with van der Waals surface area (Å²) in [5.74, 6) is 1.65. The van der Waals surface area contributed by atoms with E-state index in [9.17, 15) is 0 Å². The van der Waals surface area contributed by atoms with Crippen LogP contribution in [0.2, 0.25) is 5.02 Å². The number of nitrogens with zero attached hydrogens (tertiary/aromatic N) is 1. The zero-order valence-corrected chi connectivity index (χ0v) is 13.3. The van der Waals surface area contributed by atoms with Gasteiger partial charge in [-0.1, -0.05) is 11.6 Å². The Bertz CT molecular complexity index is 632. The Morgan fingerprint density at radius 2 is 2.10 bits per heavy atom. The van der Waals surface area contributed by atoms with Crippen LogP contribution in [0.5, 0.6) is 5.75 Å². The van der Waals surface area contributed by atoms with E-state index < -0.39 is 0 Å². The summed E-state index contributed by atoms with van der Waals surface area (Å²) in [5, 5.41) is 0.651. The summed E-state index contributed by atoms with van der Waals surface area (Å²) < 4.78 is 5.42. The van der Waals surface area contributed by atoms with Crippen LogP contribution in [0.1, 0.15) is 16.8 Å². The van der Waals surface area contributed by atoms with Crippen molar-refractivity contribution in [3.8, 4) is 5.75 Å². The van der Waals surface area contributed by atoms with Crippen LogP contribution in [-0.2, 0) is 5.75 Å². The van der Waals surface area contributed by atoms with E-state index in [1.807, 2.05) is 32.2 Å². The van der Waals surface area contributed by atoms with Gasteiger partial charge in [0.15, 0.2) is 0 Å². The largest absolute Gasteiger partial charge is 0.496 e. The predicted molar refractivity (Wildman–Crippen MR) is 85.7 cm³/mol. The monoisotopic (exact) mass is 308 g/mol. The molecule has 3 nitrogen and oxygen atoms in total. The molecule has 0 atom stereocenters. The van der Waals surface area contributed by atoms with E-state index in [1.165, 1.54) is 0 Å². The Kier molecular flexibility index (Phi) is 4.78. The van der Waals surface area contributed by atoms with Crippen molar-refractivity contribution >= 4 is 29.1 Å². The lowest BCUT2D eigenvalue weighted by Gasteiger charge is -2.12. The van der Waals surface area contributed by atoms with Crippen LogP contribution in [0.15, 0.2) is 29.3 Å².